The number of fused-ring (bicyclic) bond motifs is 1. The molecule has 0 radical (unpaired) electrons. The van der Waals surface area contributed by atoms with E-state index in [0.717, 1.165) is 17.2 Å². The summed E-state index contributed by atoms with van der Waals surface area (Å²) >= 11 is 5.83. The minimum atomic E-state index is 0.447. The number of aromatic nitrogens is 1. The van der Waals surface area contributed by atoms with Gasteiger partial charge in [-0.15, -0.1) is 0 Å². The molecule has 2 rings (SSSR count). The number of anilines is 1. The molecule has 3 heteroatoms. The average Bonchev–Trinajstić information content (AvgIpc) is 2.16. The maximum absolute atomic E-state index is 5.83. The molecule has 0 unspecified atom stereocenters. The van der Waals surface area contributed by atoms with Crippen LogP contribution in [0.5, 0.6) is 0 Å². The zero-order valence-corrected chi connectivity index (χ0v) is 8.67. The molecule has 1 aromatic carbocycles. The molecular weight excluding hydrogens is 196 g/mol. The molecule has 0 spiro atoms. The van der Waals surface area contributed by atoms with Crippen LogP contribution in [0, 0.1) is 0 Å². The largest absolute Gasteiger partial charge is 0.383 e. The van der Waals surface area contributed by atoms with Crippen molar-refractivity contribution in [1.82, 2.24) is 4.98 Å². The van der Waals surface area contributed by atoms with Crippen LogP contribution in [-0.4, -0.2) is 4.98 Å². The summed E-state index contributed by atoms with van der Waals surface area (Å²) in [6.07, 6.45) is 1.01. The Morgan fingerprint density at radius 2 is 2.14 bits per heavy atom. The van der Waals surface area contributed by atoms with Crippen molar-refractivity contribution < 1.29 is 0 Å². The minimum absolute atomic E-state index is 0.447. The van der Waals surface area contributed by atoms with Crippen LogP contribution < -0.4 is 5.73 Å². The standard InChI is InChI=1S/C11H11ClN2/c1-2-7-3-4-9-8(5-7)6-10(12)14-11(9)13/h3-6H,2H2,1H3,(H2,13,14). The number of hydrogen-bond acceptors (Lipinski definition) is 2. The van der Waals surface area contributed by atoms with Gasteiger partial charge in [0.2, 0.25) is 0 Å². The molecule has 1 aromatic heterocycles. The summed E-state index contributed by atoms with van der Waals surface area (Å²) in [5.74, 6) is 0.496. The number of nitrogen functional groups attached to an aromatic ring is 1. The van der Waals surface area contributed by atoms with Crippen LogP contribution in [-0.2, 0) is 6.42 Å². The van der Waals surface area contributed by atoms with Gasteiger partial charge in [0.25, 0.3) is 0 Å². The molecule has 72 valence electrons. The molecular formula is C11H11ClN2. The number of pyridine rings is 1. The highest BCUT2D eigenvalue weighted by molar-refractivity contribution is 6.30. The Labute approximate surface area is 87.7 Å². The van der Waals surface area contributed by atoms with Gasteiger partial charge in [0.1, 0.15) is 11.0 Å². The second-order valence-corrected chi connectivity index (χ2v) is 3.63. The summed E-state index contributed by atoms with van der Waals surface area (Å²) in [6, 6.07) is 7.99. The maximum Gasteiger partial charge on any atom is 0.133 e. The summed E-state index contributed by atoms with van der Waals surface area (Å²) in [5.41, 5.74) is 7.03. The molecule has 1 heterocycles. The second-order valence-electron chi connectivity index (χ2n) is 3.24. The van der Waals surface area contributed by atoms with E-state index in [9.17, 15) is 0 Å². The van der Waals surface area contributed by atoms with E-state index >= 15 is 0 Å². The number of halogens is 1. The van der Waals surface area contributed by atoms with Crippen molar-refractivity contribution in [2.75, 3.05) is 5.73 Å². The number of nitrogens with two attached hydrogens (primary N) is 1. The van der Waals surface area contributed by atoms with Crippen LogP contribution in [0.4, 0.5) is 5.82 Å². The Morgan fingerprint density at radius 3 is 2.86 bits per heavy atom. The zero-order valence-electron chi connectivity index (χ0n) is 7.92. The van der Waals surface area contributed by atoms with Gasteiger partial charge in [-0.05, 0) is 23.4 Å². The lowest BCUT2D eigenvalue weighted by molar-refractivity contribution is 1.15. The number of rotatable bonds is 1. The molecule has 0 aliphatic carbocycles. The fourth-order valence-electron chi connectivity index (χ4n) is 1.52. The van der Waals surface area contributed by atoms with Crippen molar-refractivity contribution in [3.63, 3.8) is 0 Å². The number of hydrogen-bond donors (Lipinski definition) is 1. The molecule has 0 atom stereocenters. The Kier molecular flexibility index (Phi) is 2.30. The normalized spacial score (nSPS) is 10.7. The van der Waals surface area contributed by atoms with Crippen molar-refractivity contribution in [2.24, 2.45) is 0 Å². The third-order valence-corrected chi connectivity index (χ3v) is 2.50. The summed E-state index contributed by atoms with van der Waals surface area (Å²) < 4.78 is 0. The highest BCUT2D eigenvalue weighted by Gasteiger charge is 2.02. The molecule has 0 bridgehead atoms. The highest BCUT2D eigenvalue weighted by atomic mass is 35.5. The lowest BCUT2D eigenvalue weighted by Crippen LogP contribution is -1.92. The first kappa shape index (κ1) is 9.28. The monoisotopic (exact) mass is 206 g/mol. The van der Waals surface area contributed by atoms with Gasteiger partial charge in [-0.1, -0.05) is 36.7 Å². The number of aryl methyl sites for hydroxylation is 1. The average molecular weight is 207 g/mol. The minimum Gasteiger partial charge on any atom is -0.383 e. The lowest BCUT2D eigenvalue weighted by atomic mass is 10.1. The molecule has 0 saturated heterocycles. The lowest BCUT2D eigenvalue weighted by Gasteiger charge is -2.04. The van der Waals surface area contributed by atoms with E-state index in [2.05, 4.69) is 24.0 Å². The van der Waals surface area contributed by atoms with Crippen LogP contribution >= 0.6 is 11.6 Å². The van der Waals surface area contributed by atoms with E-state index in [0.29, 0.717) is 11.0 Å². The summed E-state index contributed by atoms with van der Waals surface area (Å²) in [5, 5.41) is 2.47. The SMILES string of the molecule is CCc1ccc2c(N)nc(Cl)cc2c1. The third-order valence-electron chi connectivity index (χ3n) is 2.30. The van der Waals surface area contributed by atoms with Crippen LogP contribution in [0.15, 0.2) is 24.3 Å². The molecule has 2 N–H and O–H groups in total. The van der Waals surface area contributed by atoms with Gasteiger partial charge in [-0.25, -0.2) is 4.98 Å². The summed E-state index contributed by atoms with van der Waals surface area (Å²) in [7, 11) is 0. The molecule has 0 amide bonds. The van der Waals surface area contributed by atoms with Gasteiger partial charge < -0.3 is 5.73 Å². The van der Waals surface area contributed by atoms with Gasteiger partial charge in [-0.3, -0.25) is 0 Å². The fraction of sp³-hybridized carbons (Fsp3) is 0.182. The molecule has 14 heavy (non-hydrogen) atoms. The van der Waals surface area contributed by atoms with Gasteiger partial charge in [0.05, 0.1) is 0 Å². The smallest absolute Gasteiger partial charge is 0.133 e. The maximum atomic E-state index is 5.83. The zero-order chi connectivity index (χ0) is 10.1. The molecule has 0 aliphatic rings. The quantitative estimate of drug-likeness (QED) is 0.729. The molecule has 2 nitrogen and oxygen atoms in total. The first-order valence-electron chi connectivity index (χ1n) is 4.55. The van der Waals surface area contributed by atoms with Gasteiger partial charge in [0, 0.05) is 5.39 Å². The molecule has 0 saturated carbocycles. The fourth-order valence-corrected chi connectivity index (χ4v) is 1.73. The Balaban J connectivity index is 2.75. The third kappa shape index (κ3) is 1.53. The van der Waals surface area contributed by atoms with Crippen LogP contribution in [0.25, 0.3) is 10.8 Å². The van der Waals surface area contributed by atoms with E-state index in [1.807, 2.05) is 12.1 Å². The topological polar surface area (TPSA) is 38.9 Å². The van der Waals surface area contributed by atoms with E-state index in [4.69, 9.17) is 17.3 Å². The van der Waals surface area contributed by atoms with E-state index < -0.39 is 0 Å². The highest BCUT2D eigenvalue weighted by Crippen LogP contribution is 2.23. The second kappa shape index (κ2) is 3.46. The van der Waals surface area contributed by atoms with Crippen molar-refractivity contribution in [2.45, 2.75) is 13.3 Å². The molecule has 0 fully saturated rings. The van der Waals surface area contributed by atoms with Crippen molar-refractivity contribution >= 4 is 28.2 Å². The van der Waals surface area contributed by atoms with Gasteiger partial charge in [0.15, 0.2) is 0 Å². The van der Waals surface area contributed by atoms with E-state index in [-0.39, 0.29) is 0 Å². The summed E-state index contributed by atoms with van der Waals surface area (Å²) in [4.78, 5) is 4.00. The van der Waals surface area contributed by atoms with E-state index in [1.165, 1.54) is 5.56 Å². The predicted octanol–water partition coefficient (Wildman–Crippen LogP) is 3.03. The van der Waals surface area contributed by atoms with Gasteiger partial charge >= 0.3 is 0 Å². The Morgan fingerprint density at radius 1 is 1.36 bits per heavy atom. The van der Waals surface area contributed by atoms with Crippen molar-refractivity contribution in [1.29, 1.82) is 0 Å². The van der Waals surface area contributed by atoms with Crippen molar-refractivity contribution in [3.8, 4) is 0 Å². The molecule has 0 aliphatic heterocycles. The van der Waals surface area contributed by atoms with Crippen LogP contribution in [0.1, 0.15) is 12.5 Å². The summed E-state index contributed by atoms with van der Waals surface area (Å²) in [6.45, 7) is 2.12. The van der Waals surface area contributed by atoms with Crippen LogP contribution in [0.2, 0.25) is 5.15 Å². The van der Waals surface area contributed by atoms with Crippen molar-refractivity contribution in [3.05, 3.63) is 35.0 Å². The van der Waals surface area contributed by atoms with Crippen LogP contribution in [0.3, 0.4) is 0 Å². The Bertz CT molecular complexity index is 480. The molecule has 2 aromatic rings. The number of benzene rings is 1. The first-order chi connectivity index (χ1) is 6.70. The van der Waals surface area contributed by atoms with E-state index in [1.54, 1.807) is 0 Å². The first-order valence-corrected chi connectivity index (χ1v) is 4.93. The number of nitrogens with zero attached hydrogens (tertiary/aromatic N) is 1. The van der Waals surface area contributed by atoms with Gasteiger partial charge in [-0.2, -0.15) is 0 Å². The Hall–Kier alpha value is -1.28. The predicted molar refractivity (Wildman–Crippen MR) is 60.5 cm³/mol.